The summed E-state index contributed by atoms with van der Waals surface area (Å²) in [5, 5.41) is 13.4. The molecule has 6 nitrogen and oxygen atoms in total. The van der Waals surface area contributed by atoms with Crippen LogP contribution in [0.1, 0.15) is 0 Å². The molecule has 0 aliphatic carbocycles. The molecule has 0 radical (unpaired) electrons. The lowest BCUT2D eigenvalue weighted by Crippen LogP contribution is -2.47. The van der Waals surface area contributed by atoms with Crippen molar-refractivity contribution in [2.24, 2.45) is 0 Å². The smallest absolute Gasteiger partial charge is 0.292 e. The van der Waals surface area contributed by atoms with Crippen LogP contribution in [0.2, 0.25) is 5.02 Å². The number of hydrogen-bond acceptors (Lipinski definition) is 5. The third-order valence-corrected chi connectivity index (χ3v) is 5.23. The largest absolute Gasteiger partial charge is 0.508 e. The summed E-state index contributed by atoms with van der Waals surface area (Å²) in [5.41, 5.74) is 0.632. The molecule has 4 rings (SSSR count). The van der Waals surface area contributed by atoms with Crippen molar-refractivity contribution in [2.45, 2.75) is 0 Å². The minimum atomic E-state index is -0.897. The molecule has 0 unspecified atom stereocenters. The molecule has 2 heterocycles. The molecule has 9 heteroatoms. The van der Waals surface area contributed by atoms with Crippen LogP contribution in [0.15, 0.2) is 53.5 Å². The lowest BCUT2D eigenvalue weighted by atomic mass is 10.2. The van der Waals surface area contributed by atoms with Crippen LogP contribution >= 0.6 is 11.6 Å². The number of phenolic OH excluding ortho intramolecular Hbond substituents is 1. The van der Waals surface area contributed by atoms with E-state index in [1.165, 1.54) is 6.20 Å². The van der Waals surface area contributed by atoms with Crippen LogP contribution in [-0.2, 0) is 0 Å². The number of benzene rings is 2. The first-order valence-electron chi connectivity index (χ1n) is 8.96. The highest BCUT2D eigenvalue weighted by molar-refractivity contribution is 6.33. The number of anilines is 2. The molecule has 1 aliphatic heterocycles. The molecule has 0 bridgehead atoms. The molecule has 3 aromatic rings. The van der Waals surface area contributed by atoms with Gasteiger partial charge in [-0.05, 0) is 36.4 Å². The van der Waals surface area contributed by atoms with Crippen LogP contribution in [0.25, 0.3) is 5.69 Å². The zero-order valence-electron chi connectivity index (χ0n) is 15.2. The zero-order chi connectivity index (χ0) is 20.5. The lowest BCUT2D eigenvalue weighted by Gasteiger charge is -2.37. The second kappa shape index (κ2) is 7.71. The van der Waals surface area contributed by atoms with E-state index in [-0.39, 0.29) is 16.5 Å². The predicted octanol–water partition coefficient (Wildman–Crippen LogP) is 3.20. The van der Waals surface area contributed by atoms with E-state index >= 15 is 0 Å². The van der Waals surface area contributed by atoms with E-state index in [1.807, 2.05) is 17.0 Å². The maximum absolute atomic E-state index is 14.0. The molecule has 1 N–H and O–H groups in total. The fourth-order valence-electron chi connectivity index (χ4n) is 3.34. The van der Waals surface area contributed by atoms with Crippen molar-refractivity contribution in [3.63, 3.8) is 0 Å². The van der Waals surface area contributed by atoms with Crippen LogP contribution in [0, 0.1) is 11.6 Å². The Balaban J connectivity index is 1.55. The summed E-state index contributed by atoms with van der Waals surface area (Å²) in [7, 11) is 0. The number of phenols is 1. The first kappa shape index (κ1) is 19.2. The molecule has 150 valence electrons. The van der Waals surface area contributed by atoms with Crippen molar-refractivity contribution in [1.82, 2.24) is 9.78 Å². The predicted molar refractivity (Wildman–Crippen MR) is 107 cm³/mol. The van der Waals surface area contributed by atoms with Crippen molar-refractivity contribution in [1.29, 1.82) is 0 Å². The zero-order valence-corrected chi connectivity index (χ0v) is 16.0. The van der Waals surface area contributed by atoms with E-state index in [1.54, 1.807) is 12.1 Å². The van der Waals surface area contributed by atoms with Gasteiger partial charge in [-0.3, -0.25) is 4.79 Å². The molecule has 1 fully saturated rings. The summed E-state index contributed by atoms with van der Waals surface area (Å²) < 4.78 is 28.0. The molecule has 29 heavy (non-hydrogen) atoms. The van der Waals surface area contributed by atoms with Crippen LogP contribution in [0.3, 0.4) is 0 Å². The van der Waals surface area contributed by atoms with Gasteiger partial charge < -0.3 is 14.9 Å². The number of piperazine rings is 1. The third kappa shape index (κ3) is 3.75. The molecule has 1 aromatic heterocycles. The van der Waals surface area contributed by atoms with Crippen molar-refractivity contribution in [3.05, 3.63) is 75.7 Å². The number of hydrogen-bond donors (Lipinski definition) is 1. The number of halogens is 3. The highest BCUT2D eigenvalue weighted by atomic mass is 35.5. The standard InChI is InChI=1S/C20H17ClF2N4O2/c21-19-18(12-24-27(20(19)29)17-6-1-13(22)11-16(17)23)26-9-7-25(8-10-26)14-2-4-15(28)5-3-14/h1-6,11-12,28H,7-10H2. The van der Waals surface area contributed by atoms with E-state index in [4.69, 9.17) is 11.6 Å². The molecule has 1 aliphatic rings. The molecule has 0 saturated carbocycles. The number of rotatable bonds is 3. The van der Waals surface area contributed by atoms with Gasteiger partial charge in [0.25, 0.3) is 5.56 Å². The summed E-state index contributed by atoms with van der Waals surface area (Å²) in [6, 6.07) is 9.85. The quantitative estimate of drug-likeness (QED) is 0.707. The fourth-order valence-corrected chi connectivity index (χ4v) is 3.59. The van der Waals surface area contributed by atoms with Gasteiger partial charge >= 0.3 is 0 Å². The van der Waals surface area contributed by atoms with Crippen molar-refractivity contribution < 1.29 is 13.9 Å². The molecular formula is C20H17ClF2N4O2. The summed E-state index contributed by atoms with van der Waals surface area (Å²) >= 11 is 6.28. The second-order valence-corrected chi connectivity index (χ2v) is 7.02. The molecular weight excluding hydrogens is 402 g/mol. The maximum atomic E-state index is 14.0. The summed E-state index contributed by atoms with van der Waals surface area (Å²) in [6.07, 6.45) is 1.42. The van der Waals surface area contributed by atoms with Gasteiger partial charge in [0, 0.05) is 37.9 Å². The topological polar surface area (TPSA) is 61.6 Å². The average molecular weight is 419 g/mol. The van der Waals surface area contributed by atoms with Crippen molar-refractivity contribution in [2.75, 3.05) is 36.0 Å². The molecule has 0 amide bonds. The van der Waals surface area contributed by atoms with Gasteiger partial charge in [0.2, 0.25) is 0 Å². The van der Waals surface area contributed by atoms with Gasteiger partial charge in [0.05, 0.1) is 11.9 Å². The second-order valence-electron chi connectivity index (χ2n) is 6.65. The van der Waals surface area contributed by atoms with Crippen LogP contribution in [0.4, 0.5) is 20.2 Å². The third-order valence-electron chi connectivity index (χ3n) is 4.87. The lowest BCUT2D eigenvalue weighted by molar-refractivity contribution is 0.475. The SMILES string of the molecule is O=c1c(Cl)c(N2CCN(c3ccc(O)cc3)CC2)cnn1-c1ccc(F)cc1F. The van der Waals surface area contributed by atoms with Gasteiger partial charge in [-0.2, -0.15) is 9.78 Å². The molecule has 0 atom stereocenters. The van der Waals surface area contributed by atoms with Crippen LogP contribution in [0.5, 0.6) is 5.75 Å². The van der Waals surface area contributed by atoms with E-state index in [9.17, 15) is 18.7 Å². The Kier molecular flexibility index (Phi) is 5.10. The van der Waals surface area contributed by atoms with Gasteiger partial charge in [-0.1, -0.05) is 11.6 Å². The normalized spacial score (nSPS) is 14.3. The Labute approximate surface area is 170 Å². The monoisotopic (exact) mass is 418 g/mol. The van der Waals surface area contributed by atoms with E-state index in [0.29, 0.717) is 37.9 Å². The first-order chi connectivity index (χ1) is 13.9. The summed E-state index contributed by atoms with van der Waals surface area (Å²) in [6.45, 7) is 2.60. The molecule has 1 saturated heterocycles. The van der Waals surface area contributed by atoms with Crippen LogP contribution in [-0.4, -0.2) is 41.1 Å². The van der Waals surface area contributed by atoms with Crippen LogP contribution < -0.4 is 15.4 Å². The Morgan fingerprint density at radius 2 is 1.59 bits per heavy atom. The maximum Gasteiger partial charge on any atom is 0.292 e. The van der Waals surface area contributed by atoms with E-state index < -0.39 is 17.2 Å². The minimum absolute atomic E-state index is 0.0678. The number of nitrogens with zero attached hydrogens (tertiary/aromatic N) is 4. The first-order valence-corrected chi connectivity index (χ1v) is 9.34. The Morgan fingerprint density at radius 1 is 0.931 bits per heavy atom. The minimum Gasteiger partial charge on any atom is -0.508 e. The fraction of sp³-hybridized carbons (Fsp3) is 0.200. The van der Waals surface area contributed by atoms with Gasteiger partial charge in [0.1, 0.15) is 22.3 Å². The number of aromatic nitrogens is 2. The Hall–Kier alpha value is -3.13. The highest BCUT2D eigenvalue weighted by Crippen LogP contribution is 2.26. The van der Waals surface area contributed by atoms with Crippen molar-refractivity contribution in [3.8, 4) is 11.4 Å². The van der Waals surface area contributed by atoms with E-state index in [0.717, 1.165) is 22.5 Å². The highest BCUT2D eigenvalue weighted by Gasteiger charge is 2.22. The van der Waals surface area contributed by atoms with Crippen molar-refractivity contribution >= 4 is 23.0 Å². The molecule has 0 spiro atoms. The van der Waals surface area contributed by atoms with Gasteiger partial charge in [-0.15, -0.1) is 0 Å². The van der Waals surface area contributed by atoms with E-state index in [2.05, 4.69) is 10.00 Å². The average Bonchev–Trinajstić information content (AvgIpc) is 2.71. The Morgan fingerprint density at radius 3 is 2.24 bits per heavy atom. The number of aromatic hydroxyl groups is 1. The Bertz CT molecular complexity index is 1100. The van der Waals surface area contributed by atoms with Gasteiger partial charge in [0.15, 0.2) is 5.82 Å². The summed E-state index contributed by atoms with van der Waals surface area (Å²) in [5.74, 6) is -1.43. The molecule has 2 aromatic carbocycles. The summed E-state index contributed by atoms with van der Waals surface area (Å²) in [4.78, 5) is 16.7. The van der Waals surface area contributed by atoms with Gasteiger partial charge in [-0.25, -0.2) is 8.78 Å².